The van der Waals surface area contributed by atoms with Crippen LogP contribution in [-0.4, -0.2) is 5.78 Å². The molecule has 0 bridgehead atoms. The summed E-state index contributed by atoms with van der Waals surface area (Å²) in [5, 5.41) is 0. The molecule has 1 aromatic carbocycles. The highest BCUT2D eigenvalue weighted by atomic mass is 32.1. The summed E-state index contributed by atoms with van der Waals surface area (Å²) in [6, 6.07) is 12.0. The van der Waals surface area contributed by atoms with Crippen LogP contribution in [0.2, 0.25) is 0 Å². The quantitative estimate of drug-likeness (QED) is 0.662. The predicted octanol–water partition coefficient (Wildman–Crippen LogP) is 5.57. The lowest BCUT2D eigenvalue weighted by Gasteiger charge is -2.22. The molecule has 1 heterocycles. The third-order valence-corrected chi connectivity index (χ3v) is 5.06. The second-order valence-electron chi connectivity index (χ2n) is 7.54. The van der Waals surface area contributed by atoms with Crippen molar-refractivity contribution >= 4 is 17.1 Å². The Morgan fingerprint density at radius 2 is 1.48 bits per heavy atom. The minimum atomic E-state index is -0.0314. The standard InChI is InChI=1S/C19H24OS/c1-18(2,3)14-10-8-7-9-13(14)17(20)15-11-12-16(21-15)19(4,5)6/h7-12H,1-6H3. The van der Waals surface area contributed by atoms with Crippen molar-refractivity contribution in [3.05, 3.63) is 57.3 Å². The topological polar surface area (TPSA) is 17.1 Å². The molecular formula is C19H24OS. The minimum absolute atomic E-state index is 0.0314. The number of thiophene rings is 1. The normalized spacial score (nSPS) is 12.5. The molecule has 0 aliphatic carbocycles. The molecule has 0 atom stereocenters. The molecule has 0 fully saturated rings. The summed E-state index contributed by atoms with van der Waals surface area (Å²) in [6.07, 6.45) is 0. The summed E-state index contributed by atoms with van der Waals surface area (Å²) in [4.78, 5) is 14.9. The van der Waals surface area contributed by atoms with E-state index in [2.05, 4.69) is 53.7 Å². The van der Waals surface area contributed by atoms with Gasteiger partial charge in [-0.05, 0) is 28.5 Å². The van der Waals surface area contributed by atoms with Gasteiger partial charge < -0.3 is 0 Å². The van der Waals surface area contributed by atoms with Gasteiger partial charge in [0.2, 0.25) is 5.78 Å². The molecule has 0 saturated carbocycles. The van der Waals surface area contributed by atoms with Crippen LogP contribution in [0.3, 0.4) is 0 Å². The van der Waals surface area contributed by atoms with E-state index >= 15 is 0 Å². The first kappa shape index (κ1) is 16.0. The Kier molecular flexibility index (Phi) is 4.12. The van der Waals surface area contributed by atoms with Gasteiger partial charge in [0.15, 0.2) is 0 Å². The molecule has 0 saturated heterocycles. The molecule has 0 unspecified atom stereocenters. The third-order valence-electron chi connectivity index (χ3n) is 3.55. The van der Waals surface area contributed by atoms with Gasteiger partial charge in [-0.25, -0.2) is 0 Å². The van der Waals surface area contributed by atoms with Crippen molar-refractivity contribution in [2.45, 2.75) is 52.4 Å². The van der Waals surface area contributed by atoms with Gasteiger partial charge in [-0.1, -0.05) is 65.8 Å². The van der Waals surface area contributed by atoms with Crippen molar-refractivity contribution in [1.29, 1.82) is 0 Å². The van der Waals surface area contributed by atoms with Gasteiger partial charge in [0.1, 0.15) is 0 Å². The Bertz CT molecular complexity index is 651. The summed E-state index contributed by atoms with van der Waals surface area (Å²) in [5.74, 6) is 0.140. The average Bonchev–Trinajstić information content (AvgIpc) is 2.86. The molecule has 2 rings (SSSR count). The molecule has 1 aromatic heterocycles. The van der Waals surface area contributed by atoms with Gasteiger partial charge in [0, 0.05) is 10.4 Å². The van der Waals surface area contributed by atoms with E-state index in [9.17, 15) is 4.79 Å². The van der Waals surface area contributed by atoms with Gasteiger partial charge in [-0.2, -0.15) is 0 Å². The van der Waals surface area contributed by atoms with Crippen LogP contribution in [-0.2, 0) is 10.8 Å². The summed E-state index contributed by atoms with van der Waals surface area (Å²) < 4.78 is 0. The van der Waals surface area contributed by atoms with Crippen molar-refractivity contribution in [1.82, 2.24) is 0 Å². The van der Waals surface area contributed by atoms with Gasteiger partial charge in [0.25, 0.3) is 0 Å². The maximum absolute atomic E-state index is 12.9. The van der Waals surface area contributed by atoms with Crippen LogP contribution < -0.4 is 0 Å². The van der Waals surface area contributed by atoms with Gasteiger partial charge >= 0.3 is 0 Å². The van der Waals surface area contributed by atoms with Crippen LogP contribution in [0.25, 0.3) is 0 Å². The molecule has 21 heavy (non-hydrogen) atoms. The van der Waals surface area contributed by atoms with E-state index in [0.717, 1.165) is 16.0 Å². The predicted molar refractivity (Wildman–Crippen MR) is 91.6 cm³/mol. The van der Waals surface area contributed by atoms with E-state index in [0.29, 0.717) is 0 Å². The number of carbonyl (C=O) groups excluding carboxylic acids is 1. The van der Waals surface area contributed by atoms with Crippen LogP contribution in [0.1, 0.15) is 67.2 Å². The average molecular weight is 300 g/mol. The van der Waals surface area contributed by atoms with E-state index in [1.807, 2.05) is 24.3 Å². The number of hydrogen-bond donors (Lipinski definition) is 0. The number of hydrogen-bond acceptors (Lipinski definition) is 2. The van der Waals surface area contributed by atoms with Crippen LogP contribution in [0.15, 0.2) is 36.4 Å². The zero-order valence-electron chi connectivity index (χ0n) is 13.8. The van der Waals surface area contributed by atoms with E-state index in [-0.39, 0.29) is 16.6 Å². The van der Waals surface area contributed by atoms with E-state index in [1.165, 1.54) is 4.88 Å². The molecule has 112 valence electrons. The molecular weight excluding hydrogens is 276 g/mol. The number of rotatable bonds is 2. The summed E-state index contributed by atoms with van der Waals surface area (Å²) in [6.45, 7) is 13.0. The Labute approximate surface area is 132 Å². The summed E-state index contributed by atoms with van der Waals surface area (Å²) in [7, 11) is 0. The maximum atomic E-state index is 12.9. The molecule has 0 aliphatic heterocycles. The van der Waals surface area contributed by atoms with E-state index < -0.39 is 0 Å². The Morgan fingerprint density at radius 3 is 2.00 bits per heavy atom. The van der Waals surface area contributed by atoms with Crippen LogP contribution in [0, 0.1) is 0 Å². The highest BCUT2D eigenvalue weighted by Crippen LogP contribution is 2.32. The van der Waals surface area contributed by atoms with Gasteiger partial charge in [-0.3, -0.25) is 4.79 Å². The fourth-order valence-corrected chi connectivity index (χ4v) is 3.35. The molecule has 2 heteroatoms. The minimum Gasteiger partial charge on any atom is -0.288 e. The van der Waals surface area contributed by atoms with Crippen LogP contribution in [0.5, 0.6) is 0 Å². The van der Waals surface area contributed by atoms with Crippen molar-refractivity contribution in [3.63, 3.8) is 0 Å². The van der Waals surface area contributed by atoms with Gasteiger partial charge in [0.05, 0.1) is 4.88 Å². The SMILES string of the molecule is CC(C)(C)c1ccc(C(=O)c2ccccc2C(C)(C)C)s1. The fraction of sp³-hybridized carbons (Fsp3) is 0.421. The second kappa shape index (κ2) is 5.42. The first-order chi connectivity index (χ1) is 9.60. The highest BCUT2D eigenvalue weighted by molar-refractivity contribution is 7.14. The van der Waals surface area contributed by atoms with Crippen molar-refractivity contribution in [2.75, 3.05) is 0 Å². The molecule has 1 nitrogen and oxygen atoms in total. The number of carbonyl (C=O) groups is 1. The molecule has 0 amide bonds. The molecule has 0 aliphatic rings. The van der Waals surface area contributed by atoms with E-state index in [4.69, 9.17) is 0 Å². The molecule has 0 spiro atoms. The third kappa shape index (κ3) is 3.44. The molecule has 2 aromatic rings. The lowest BCUT2D eigenvalue weighted by molar-refractivity contribution is 0.104. The summed E-state index contributed by atoms with van der Waals surface area (Å²) >= 11 is 1.61. The maximum Gasteiger partial charge on any atom is 0.203 e. The fourth-order valence-electron chi connectivity index (χ4n) is 2.33. The van der Waals surface area contributed by atoms with Crippen molar-refractivity contribution in [3.8, 4) is 0 Å². The Hall–Kier alpha value is -1.41. The Morgan fingerprint density at radius 1 is 0.857 bits per heavy atom. The lowest BCUT2D eigenvalue weighted by Crippen LogP contribution is -2.16. The first-order valence-corrected chi connectivity index (χ1v) is 8.17. The van der Waals surface area contributed by atoms with Crippen LogP contribution in [0.4, 0.5) is 0 Å². The lowest BCUT2D eigenvalue weighted by atomic mass is 9.82. The van der Waals surface area contributed by atoms with Crippen molar-refractivity contribution in [2.24, 2.45) is 0 Å². The number of benzene rings is 1. The zero-order valence-corrected chi connectivity index (χ0v) is 14.6. The smallest absolute Gasteiger partial charge is 0.203 e. The number of ketones is 1. The Balaban J connectivity index is 2.44. The van der Waals surface area contributed by atoms with Crippen molar-refractivity contribution < 1.29 is 4.79 Å². The molecule has 0 N–H and O–H groups in total. The monoisotopic (exact) mass is 300 g/mol. The van der Waals surface area contributed by atoms with Crippen LogP contribution >= 0.6 is 11.3 Å². The summed E-state index contributed by atoms with van der Waals surface area (Å²) in [5.41, 5.74) is 2.00. The van der Waals surface area contributed by atoms with Gasteiger partial charge in [-0.15, -0.1) is 11.3 Å². The zero-order chi connectivity index (χ0) is 15.8. The highest BCUT2D eigenvalue weighted by Gasteiger charge is 2.24. The molecule has 0 radical (unpaired) electrons. The largest absolute Gasteiger partial charge is 0.288 e. The van der Waals surface area contributed by atoms with E-state index in [1.54, 1.807) is 11.3 Å². The second-order valence-corrected chi connectivity index (χ2v) is 8.62. The first-order valence-electron chi connectivity index (χ1n) is 7.35.